The molecule has 1 aromatic heterocycles. The molecule has 66 valence electrons. The van der Waals surface area contributed by atoms with Gasteiger partial charge in [0.25, 0.3) is 0 Å². The van der Waals surface area contributed by atoms with Crippen LogP contribution in [0, 0.1) is 0 Å². The molecule has 1 heterocycles. The molecule has 0 aliphatic rings. The zero-order valence-electron chi connectivity index (χ0n) is 6.83. The Morgan fingerprint density at radius 3 is 3.17 bits per heavy atom. The van der Waals surface area contributed by atoms with Crippen LogP contribution in [-0.4, -0.2) is 24.5 Å². The lowest BCUT2D eigenvalue weighted by molar-refractivity contribution is -0.119. The van der Waals surface area contributed by atoms with Gasteiger partial charge in [0.15, 0.2) is 6.39 Å². The number of carbonyl (C=O) groups excluding carboxylic acids is 1. The van der Waals surface area contributed by atoms with Crippen molar-refractivity contribution in [3.05, 3.63) is 18.4 Å². The molecule has 12 heavy (non-hydrogen) atoms. The maximum Gasteiger partial charge on any atom is 0.233 e. The lowest BCUT2D eigenvalue weighted by Gasteiger charge is -1.99. The van der Waals surface area contributed by atoms with Crippen molar-refractivity contribution in [3.63, 3.8) is 0 Å². The van der Waals surface area contributed by atoms with Crippen LogP contribution < -0.4 is 10.6 Å². The van der Waals surface area contributed by atoms with E-state index in [0.29, 0.717) is 6.54 Å². The molecule has 0 unspecified atom stereocenters. The molecule has 5 heteroatoms. The zero-order chi connectivity index (χ0) is 8.81. The summed E-state index contributed by atoms with van der Waals surface area (Å²) in [6.07, 6.45) is 2.97. The number of oxazole rings is 1. The Morgan fingerprint density at radius 2 is 2.58 bits per heavy atom. The summed E-state index contributed by atoms with van der Waals surface area (Å²) in [5.74, 6) is 0.674. The van der Waals surface area contributed by atoms with E-state index < -0.39 is 0 Å². The molecule has 0 bridgehead atoms. The van der Waals surface area contributed by atoms with Crippen molar-refractivity contribution < 1.29 is 9.21 Å². The Kier molecular flexibility index (Phi) is 3.28. The third-order valence-electron chi connectivity index (χ3n) is 1.35. The normalized spacial score (nSPS) is 9.75. The van der Waals surface area contributed by atoms with Crippen LogP contribution in [-0.2, 0) is 11.3 Å². The minimum atomic E-state index is -0.0467. The standard InChI is InChI=1S/C7H11N3O2/c1-8-7(11)4-9-2-6-3-10-5-12-6/h3,5,9H,2,4H2,1H3,(H,8,11). The van der Waals surface area contributed by atoms with Crippen molar-refractivity contribution in [2.45, 2.75) is 6.54 Å². The molecule has 0 fully saturated rings. The molecule has 0 radical (unpaired) electrons. The monoisotopic (exact) mass is 169 g/mol. The maximum atomic E-state index is 10.7. The molecule has 2 N–H and O–H groups in total. The highest BCUT2D eigenvalue weighted by Crippen LogP contribution is 1.93. The fourth-order valence-electron chi connectivity index (χ4n) is 0.717. The number of hydrogen-bond acceptors (Lipinski definition) is 4. The molecule has 0 saturated carbocycles. The van der Waals surface area contributed by atoms with Gasteiger partial charge in [-0.15, -0.1) is 0 Å². The quantitative estimate of drug-likeness (QED) is 0.638. The van der Waals surface area contributed by atoms with Crippen molar-refractivity contribution in [2.24, 2.45) is 0 Å². The maximum absolute atomic E-state index is 10.7. The second-order valence-corrected chi connectivity index (χ2v) is 2.24. The SMILES string of the molecule is CNC(=O)CNCc1cnco1. The Hall–Kier alpha value is -1.36. The van der Waals surface area contributed by atoms with Crippen molar-refractivity contribution in [1.29, 1.82) is 0 Å². The summed E-state index contributed by atoms with van der Waals surface area (Å²) < 4.78 is 4.94. The predicted octanol–water partition coefficient (Wildman–Crippen LogP) is -0.490. The molecular weight excluding hydrogens is 158 g/mol. The van der Waals surface area contributed by atoms with Crippen LogP contribution in [0.1, 0.15) is 5.76 Å². The highest BCUT2D eigenvalue weighted by molar-refractivity contribution is 5.77. The second-order valence-electron chi connectivity index (χ2n) is 2.24. The average molecular weight is 169 g/mol. The van der Waals surface area contributed by atoms with Gasteiger partial charge in [0, 0.05) is 7.05 Å². The highest BCUT2D eigenvalue weighted by atomic mass is 16.3. The van der Waals surface area contributed by atoms with Gasteiger partial charge in [-0.2, -0.15) is 0 Å². The number of rotatable bonds is 4. The van der Waals surface area contributed by atoms with Crippen LogP contribution in [0.2, 0.25) is 0 Å². The Labute approximate surface area is 70.2 Å². The number of amides is 1. The van der Waals surface area contributed by atoms with E-state index in [-0.39, 0.29) is 12.5 Å². The molecule has 0 atom stereocenters. The van der Waals surface area contributed by atoms with E-state index in [9.17, 15) is 4.79 Å². The summed E-state index contributed by atoms with van der Waals surface area (Å²) in [6.45, 7) is 0.810. The van der Waals surface area contributed by atoms with Crippen molar-refractivity contribution in [2.75, 3.05) is 13.6 Å². The number of carbonyl (C=O) groups is 1. The minimum absolute atomic E-state index is 0.0467. The minimum Gasteiger partial charge on any atom is -0.447 e. The van der Waals surface area contributed by atoms with Gasteiger partial charge in [-0.1, -0.05) is 0 Å². The molecule has 0 spiro atoms. The van der Waals surface area contributed by atoms with Crippen molar-refractivity contribution in [3.8, 4) is 0 Å². The van der Waals surface area contributed by atoms with Gasteiger partial charge >= 0.3 is 0 Å². The number of nitrogens with one attached hydrogen (secondary N) is 2. The van der Waals surface area contributed by atoms with E-state index in [2.05, 4.69) is 15.6 Å². The Balaban J connectivity index is 2.15. The van der Waals surface area contributed by atoms with E-state index in [1.54, 1.807) is 13.2 Å². The lowest BCUT2D eigenvalue weighted by Crippen LogP contribution is -2.30. The summed E-state index contributed by atoms with van der Waals surface area (Å²) in [5, 5.41) is 5.39. The Morgan fingerprint density at radius 1 is 1.75 bits per heavy atom. The fourth-order valence-corrected chi connectivity index (χ4v) is 0.717. The van der Waals surface area contributed by atoms with Gasteiger partial charge in [-0.3, -0.25) is 4.79 Å². The second kappa shape index (κ2) is 4.50. The largest absolute Gasteiger partial charge is 0.447 e. The predicted molar refractivity (Wildman–Crippen MR) is 42.3 cm³/mol. The zero-order valence-corrected chi connectivity index (χ0v) is 6.83. The van der Waals surface area contributed by atoms with Crippen LogP contribution in [0.25, 0.3) is 0 Å². The lowest BCUT2D eigenvalue weighted by atomic mass is 10.5. The van der Waals surface area contributed by atoms with E-state index in [1.165, 1.54) is 6.39 Å². The topological polar surface area (TPSA) is 67.2 Å². The number of aromatic nitrogens is 1. The van der Waals surface area contributed by atoms with E-state index >= 15 is 0 Å². The van der Waals surface area contributed by atoms with Crippen LogP contribution in [0.3, 0.4) is 0 Å². The van der Waals surface area contributed by atoms with Gasteiger partial charge in [-0.25, -0.2) is 4.98 Å². The first-order valence-corrected chi connectivity index (χ1v) is 3.61. The van der Waals surface area contributed by atoms with Gasteiger partial charge in [0.2, 0.25) is 5.91 Å². The fraction of sp³-hybridized carbons (Fsp3) is 0.429. The highest BCUT2D eigenvalue weighted by Gasteiger charge is 1.98. The van der Waals surface area contributed by atoms with Crippen LogP contribution in [0.15, 0.2) is 17.0 Å². The van der Waals surface area contributed by atoms with E-state index in [1.807, 2.05) is 0 Å². The third-order valence-corrected chi connectivity index (χ3v) is 1.35. The van der Waals surface area contributed by atoms with Crippen LogP contribution in [0.4, 0.5) is 0 Å². The Bertz CT molecular complexity index is 233. The first kappa shape index (κ1) is 8.73. The molecule has 1 rings (SSSR count). The summed E-state index contributed by atoms with van der Waals surface area (Å²) in [6, 6.07) is 0. The number of nitrogens with zero attached hydrogens (tertiary/aromatic N) is 1. The molecular formula is C7H11N3O2. The van der Waals surface area contributed by atoms with Gasteiger partial charge in [0.05, 0.1) is 19.3 Å². The van der Waals surface area contributed by atoms with Crippen LogP contribution >= 0.6 is 0 Å². The summed E-state index contributed by atoms with van der Waals surface area (Å²) in [5.41, 5.74) is 0. The van der Waals surface area contributed by atoms with Crippen LogP contribution in [0.5, 0.6) is 0 Å². The van der Waals surface area contributed by atoms with E-state index in [0.717, 1.165) is 5.76 Å². The molecule has 1 aromatic rings. The summed E-state index contributed by atoms with van der Waals surface area (Å²) in [4.78, 5) is 14.5. The molecule has 0 aromatic carbocycles. The van der Waals surface area contributed by atoms with Crippen molar-refractivity contribution in [1.82, 2.24) is 15.6 Å². The molecule has 1 amide bonds. The van der Waals surface area contributed by atoms with Gasteiger partial charge < -0.3 is 15.1 Å². The average Bonchev–Trinajstić information content (AvgIpc) is 2.57. The van der Waals surface area contributed by atoms with E-state index in [4.69, 9.17) is 4.42 Å². The number of likely N-dealkylation sites (N-methyl/N-ethyl adjacent to an activating group) is 1. The summed E-state index contributed by atoms with van der Waals surface area (Å²) in [7, 11) is 1.60. The van der Waals surface area contributed by atoms with Crippen molar-refractivity contribution >= 4 is 5.91 Å². The first-order chi connectivity index (χ1) is 5.83. The molecule has 0 aliphatic carbocycles. The third kappa shape index (κ3) is 2.71. The molecule has 0 saturated heterocycles. The molecule has 5 nitrogen and oxygen atoms in total. The smallest absolute Gasteiger partial charge is 0.233 e. The summed E-state index contributed by atoms with van der Waals surface area (Å²) >= 11 is 0. The molecule has 0 aliphatic heterocycles. The van der Waals surface area contributed by atoms with Gasteiger partial charge in [0.1, 0.15) is 5.76 Å². The van der Waals surface area contributed by atoms with Gasteiger partial charge in [-0.05, 0) is 0 Å². The first-order valence-electron chi connectivity index (χ1n) is 3.61. The number of hydrogen-bond donors (Lipinski definition) is 2.